The fourth-order valence-corrected chi connectivity index (χ4v) is 12.0. The van der Waals surface area contributed by atoms with E-state index in [2.05, 4.69) is 0 Å². The third-order valence-corrected chi connectivity index (χ3v) is 17.0. The van der Waals surface area contributed by atoms with Crippen LogP contribution in [0.5, 0.6) is 34.5 Å². The zero-order chi connectivity index (χ0) is 59.4. The molecular formula is C53H40F9N3O12S3. The third-order valence-electron chi connectivity index (χ3n) is 12.5. The summed E-state index contributed by atoms with van der Waals surface area (Å²) in [6, 6.07) is 21.3. The number of nitrogens with zero attached hydrogens (tertiary/aromatic N) is 3. The Morgan fingerprint density at radius 2 is 0.863 bits per heavy atom. The average Bonchev–Trinajstić information content (AvgIpc) is 3.86. The quantitative estimate of drug-likeness (QED) is 0.108. The van der Waals surface area contributed by atoms with Gasteiger partial charge in [0.15, 0.2) is 41.9 Å². The number of alkyl halides is 6. The molecule has 0 aliphatic heterocycles. The molecule has 15 nitrogen and oxygen atoms in total. The summed E-state index contributed by atoms with van der Waals surface area (Å²) in [6.45, 7) is 2.81. The minimum absolute atomic E-state index is 0.0315. The molecule has 6 aromatic rings. The molecule has 0 amide bonds. The maximum atomic E-state index is 14.4. The number of fused-ring (bicyclic) bond motifs is 3. The fourth-order valence-electron chi connectivity index (χ4n) is 8.83. The largest absolute Gasteiger partial charge is 0.457 e. The van der Waals surface area contributed by atoms with E-state index in [1.807, 2.05) is 0 Å². The first-order valence-corrected chi connectivity index (χ1v) is 28.3. The van der Waals surface area contributed by atoms with E-state index in [1.165, 1.54) is 44.2 Å². The lowest BCUT2D eigenvalue weighted by Crippen LogP contribution is -2.23. The van der Waals surface area contributed by atoms with Crippen LogP contribution < -0.4 is 14.2 Å². The van der Waals surface area contributed by atoms with Gasteiger partial charge in [0, 0.05) is 76.9 Å². The highest BCUT2D eigenvalue weighted by Crippen LogP contribution is 2.53. The van der Waals surface area contributed by atoms with Gasteiger partial charge in [-0.15, -0.1) is 0 Å². The van der Waals surface area contributed by atoms with Crippen LogP contribution in [-0.2, 0) is 42.4 Å². The number of rotatable bonds is 10. The van der Waals surface area contributed by atoms with Crippen molar-refractivity contribution in [1.82, 2.24) is 0 Å². The van der Waals surface area contributed by atoms with Crippen molar-refractivity contribution < 1.29 is 94.3 Å². The molecular weight excluding hydrogens is 1140 g/mol. The lowest BCUT2D eigenvalue weighted by molar-refractivity contribution is -0.0978. The van der Waals surface area contributed by atoms with Crippen LogP contribution in [0.3, 0.4) is 0 Å². The normalized spacial score (nSPS) is 19.4. The number of nitriles is 3. The average molecular weight is 1180 g/mol. The minimum Gasteiger partial charge on any atom is -0.457 e. The molecule has 3 aliphatic rings. The summed E-state index contributed by atoms with van der Waals surface area (Å²) < 4.78 is 214. The van der Waals surface area contributed by atoms with E-state index in [-0.39, 0.29) is 67.2 Å². The highest BCUT2D eigenvalue weighted by Gasteiger charge is 2.52. The molecule has 3 N–H and O–H groups in total. The molecule has 6 aromatic carbocycles. The number of halogens is 9. The molecule has 27 heteroatoms. The van der Waals surface area contributed by atoms with Crippen LogP contribution in [0.4, 0.5) is 39.5 Å². The van der Waals surface area contributed by atoms with Gasteiger partial charge in [-0.2, -0.15) is 15.8 Å². The van der Waals surface area contributed by atoms with Crippen LogP contribution in [0.1, 0.15) is 88.4 Å². The van der Waals surface area contributed by atoms with E-state index >= 15 is 0 Å². The Morgan fingerprint density at radius 3 is 1.23 bits per heavy atom. The second kappa shape index (κ2) is 22.1. The molecule has 0 saturated carbocycles. The molecule has 0 fully saturated rings. The van der Waals surface area contributed by atoms with Crippen molar-refractivity contribution in [2.24, 2.45) is 0 Å². The lowest BCUT2D eigenvalue weighted by atomic mass is 10.1. The van der Waals surface area contributed by atoms with Crippen molar-refractivity contribution in [1.29, 1.82) is 15.8 Å². The zero-order valence-electron chi connectivity index (χ0n) is 41.5. The lowest BCUT2D eigenvalue weighted by Gasteiger charge is -2.18. The number of sulfone groups is 3. The number of hydrogen-bond acceptors (Lipinski definition) is 15. The first kappa shape index (κ1) is 59.9. The molecule has 9 rings (SSSR count). The van der Waals surface area contributed by atoms with Gasteiger partial charge in [-0.1, -0.05) is 0 Å². The molecule has 5 atom stereocenters. The van der Waals surface area contributed by atoms with Gasteiger partial charge in [0.1, 0.15) is 70.3 Å². The smallest absolute Gasteiger partial charge is 0.281 e. The topological polar surface area (TPSA) is 262 Å². The van der Waals surface area contributed by atoms with Crippen molar-refractivity contribution in [3.63, 3.8) is 0 Å². The molecule has 0 saturated heterocycles. The third kappa shape index (κ3) is 12.1. The van der Waals surface area contributed by atoms with Crippen molar-refractivity contribution in [3.05, 3.63) is 159 Å². The molecule has 3 aliphatic carbocycles. The summed E-state index contributed by atoms with van der Waals surface area (Å²) in [7, 11) is -11.7. The predicted octanol–water partition coefficient (Wildman–Crippen LogP) is 10.3. The van der Waals surface area contributed by atoms with Gasteiger partial charge in [0.2, 0.25) is 0 Å². The number of aliphatic hydroxyl groups excluding tert-OH is 3. The van der Waals surface area contributed by atoms with Crippen molar-refractivity contribution in [2.75, 3.05) is 12.5 Å². The molecule has 0 radical (unpaired) electrons. The van der Waals surface area contributed by atoms with Crippen molar-refractivity contribution >= 4 is 29.5 Å². The van der Waals surface area contributed by atoms with E-state index in [4.69, 9.17) is 30.0 Å². The Kier molecular flexibility index (Phi) is 16.5. The van der Waals surface area contributed by atoms with Crippen LogP contribution in [0.2, 0.25) is 0 Å². The second-order valence-corrected chi connectivity index (χ2v) is 25.0. The van der Waals surface area contributed by atoms with Crippen LogP contribution >= 0.6 is 0 Å². The van der Waals surface area contributed by atoms with Gasteiger partial charge < -0.3 is 29.5 Å². The molecule has 0 bridgehead atoms. The fraction of sp³-hybridized carbons (Fsp3) is 0.264. The molecule has 0 heterocycles. The van der Waals surface area contributed by atoms with Gasteiger partial charge in [-0.05, 0) is 86.6 Å². The number of ether oxygens (including phenoxy) is 3. The van der Waals surface area contributed by atoms with Gasteiger partial charge in [0.25, 0.3) is 11.8 Å². The SMILES string of the molecule is CC(C)S(=O)(=O)c1ccc(Oc2cc(F)cc(C#N)c2)c2c1[C@H](O)C(F)(F)C2.CS(=O)(=O)c1ccc(Oc2cc(F)cc(C#N)c2)c2c1[C@H](O)C(F)(F)C2.CS(=O)(=O)c1ccc(Oc2cc(F)cc(C#N)c2)c2c1[C@H](O)[C@H](F)[C@@H]2F. The summed E-state index contributed by atoms with van der Waals surface area (Å²) in [5.41, 5.74) is -2.15. The Balaban J connectivity index is 0.000000174. The first-order valence-electron chi connectivity index (χ1n) is 23.0. The van der Waals surface area contributed by atoms with Crippen LogP contribution in [-0.4, -0.2) is 76.4 Å². The summed E-state index contributed by atoms with van der Waals surface area (Å²) >= 11 is 0. The molecule has 420 valence electrons. The number of benzene rings is 6. The maximum absolute atomic E-state index is 14.4. The Labute approximate surface area is 450 Å². The van der Waals surface area contributed by atoms with E-state index in [0.29, 0.717) is 0 Å². The zero-order valence-corrected chi connectivity index (χ0v) is 44.0. The summed E-state index contributed by atoms with van der Waals surface area (Å²) in [5, 5.41) is 55.7. The second-order valence-electron chi connectivity index (χ2n) is 18.6. The predicted molar refractivity (Wildman–Crippen MR) is 262 cm³/mol. The minimum atomic E-state index is -3.94. The van der Waals surface area contributed by atoms with Crippen LogP contribution in [0.15, 0.2) is 106 Å². The standard InChI is InChI=1S/C19H16F3NO4S.2C17H12F3NO4S/c1-10(2)28(25,26)16-4-3-15(14-8-19(21,22)18(24)17(14)16)27-13-6-11(9-23)5-12(20)7-13;1-26(23,24)14-3-2-13(12-7-17(19,20)16(22)15(12)14)25-11-5-9(8-21)4-10(18)6-11;1-26(23,24)12-3-2-11(13-14(12)17(22)16(20)15(13)19)25-10-5-8(7-21)4-9(18)6-10/h3-7,10,18,24H,8H2,1-2H3;2-6,16,22H,7H2,1H3;2-6,15-17,22H,1H3/t18-;16-;15-,16-,17+/m001/s1. The molecule has 0 spiro atoms. The van der Waals surface area contributed by atoms with Crippen molar-refractivity contribution in [2.45, 2.75) is 89.1 Å². The van der Waals surface area contributed by atoms with E-state index in [0.717, 1.165) is 73.2 Å². The van der Waals surface area contributed by atoms with Gasteiger partial charge in [-0.3, -0.25) is 0 Å². The monoisotopic (exact) mass is 1180 g/mol. The summed E-state index contributed by atoms with van der Waals surface area (Å²) in [4.78, 5) is -1.21. The highest BCUT2D eigenvalue weighted by atomic mass is 32.2. The maximum Gasteiger partial charge on any atom is 0.281 e. The van der Waals surface area contributed by atoms with Crippen molar-refractivity contribution in [3.8, 4) is 52.7 Å². The van der Waals surface area contributed by atoms with Crippen LogP contribution in [0.25, 0.3) is 0 Å². The number of aliphatic hydroxyl groups is 3. The van der Waals surface area contributed by atoms with Crippen LogP contribution in [0, 0.1) is 51.4 Å². The Bertz CT molecular complexity index is 3980. The summed E-state index contributed by atoms with van der Waals surface area (Å²) in [6.07, 6.45) is -11.4. The van der Waals surface area contributed by atoms with E-state index in [9.17, 15) is 80.1 Å². The number of hydrogen-bond donors (Lipinski definition) is 3. The Morgan fingerprint density at radius 1 is 0.525 bits per heavy atom. The molecule has 0 aromatic heterocycles. The van der Waals surface area contributed by atoms with E-state index in [1.54, 1.807) is 18.2 Å². The first-order chi connectivity index (χ1) is 37.1. The van der Waals surface area contributed by atoms with Gasteiger partial charge >= 0.3 is 0 Å². The molecule has 0 unspecified atom stereocenters. The molecule has 80 heavy (non-hydrogen) atoms. The van der Waals surface area contributed by atoms with Gasteiger partial charge in [0.05, 0.1) is 54.8 Å². The van der Waals surface area contributed by atoms with Gasteiger partial charge in [-0.25, -0.2) is 64.8 Å². The van der Waals surface area contributed by atoms with E-state index < -0.39 is 140 Å². The summed E-state index contributed by atoms with van der Waals surface area (Å²) in [5.74, 6) is -10.4. The Hall–Kier alpha value is -7.71. The highest BCUT2D eigenvalue weighted by molar-refractivity contribution is 7.92.